The van der Waals surface area contributed by atoms with Crippen molar-refractivity contribution in [1.29, 1.82) is 0 Å². The number of guanidine groups is 1. The highest BCUT2D eigenvalue weighted by Gasteiger charge is 2.23. The topological polar surface area (TPSA) is 62.0 Å². The minimum atomic E-state index is 0.488. The highest BCUT2D eigenvalue weighted by molar-refractivity contribution is 5.79. The van der Waals surface area contributed by atoms with Crippen molar-refractivity contribution in [3.63, 3.8) is 0 Å². The van der Waals surface area contributed by atoms with E-state index in [2.05, 4.69) is 34.4 Å². The van der Waals surface area contributed by atoms with Gasteiger partial charge in [-0.1, -0.05) is 13.8 Å². The van der Waals surface area contributed by atoms with Crippen LogP contribution in [-0.4, -0.2) is 63.3 Å². The number of nitrogens with one attached hydrogen (secondary N) is 2. The molecule has 2 N–H and O–H groups in total. The van der Waals surface area contributed by atoms with Crippen molar-refractivity contribution in [1.82, 2.24) is 15.5 Å². The van der Waals surface area contributed by atoms with Crippen molar-refractivity contribution in [3.05, 3.63) is 24.2 Å². The van der Waals surface area contributed by atoms with Gasteiger partial charge in [0, 0.05) is 45.7 Å². The van der Waals surface area contributed by atoms with E-state index in [1.54, 1.807) is 13.3 Å². The largest absolute Gasteiger partial charge is 0.469 e. The van der Waals surface area contributed by atoms with Gasteiger partial charge in [-0.3, -0.25) is 9.89 Å². The molecule has 2 rings (SSSR count). The molecule has 1 aliphatic rings. The van der Waals surface area contributed by atoms with Gasteiger partial charge in [0.25, 0.3) is 0 Å². The molecule has 1 saturated heterocycles. The first-order chi connectivity index (χ1) is 11.2. The maximum absolute atomic E-state index is 5.46. The predicted molar refractivity (Wildman–Crippen MR) is 92.8 cm³/mol. The standard InChI is InChI=1S/C17H30N4O2/c1-14(2)16(21-8-11-22-12-9-21)13-20-17(18-3)19-7-6-15-5-4-10-23-15/h4-5,10,14,16H,6-9,11-13H2,1-3H3,(H2,18,19,20). The van der Waals surface area contributed by atoms with Gasteiger partial charge in [-0.2, -0.15) is 0 Å². The Hall–Kier alpha value is -1.53. The molecule has 1 fully saturated rings. The second-order valence-electron chi connectivity index (χ2n) is 6.17. The first-order valence-corrected chi connectivity index (χ1v) is 8.49. The third-order valence-electron chi connectivity index (χ3n) is 4.23. The molecular weight excluding hydrogens is 292 g/mol. The highest BCUT2D eigenvalue weighted by Crippen LogP contribution is 2.12. The number of morpholine rings is 1. The van der Waals surface area contributed by atoms with Crippen LogP contribution < -0.4 is 10.6 Å². The summed E-state index contributed by atoms with van der Waals surface area (Å²) in [5.74, 6) is 2.42. The molecule has 130 valence electrons. The fourth-order valence-electron chi connectivity index (χ4n) is 2.88. The van der Waals surface area contributed by atoms with Crippen molar-refractivity contribution in [2.45, 2.75) is 26.3 Å². The molecule has 0 saturated carbocycles. The molecule has 0 amide bonds. The van der Waals surface area contributed by atoms with E-state index in [1.807, 2.05) is 12.1 Å². The summed E-state index contributed by atoms with van der Waals surface area (Å²) in [6, 6.07) is 4.39. The Bertz CT molecular complexity index is 453. The summed E-state index contributed by atoms with van der Waals surface area (Å²) >= 11 is 0. The molecule has 1 unspecified atom stereocenters. The van der Waals surface area contributed by atoms with E-state index in [0.29, 0.717) is 12.0 Å². The summed E-state index contributed by atoms with van der Waals surface area (Å²) in [5, 5.41) is 6.79. The normalized spacial score (nSPS) is 18.2. The molecule has 1 aliphatic heterocycles. The first-order valence-electron chi connectivity index (χ1n) is 8.49. The van der Waals surface area contributed by atoms with Gasteiger partial charge < -0.3 is 19.8 Å². The second kappa shape index (κ2) is 9.57. The van der Waals surface area contributed by atoms with Gasteiger partial charge in [0.05, 0.1) is 19.5 Å². The molecule has 23 heavy (non-hydrogen) atoms. The van der Waals surface area contributed by atoms with Crippen LogP contribution in [0.4, 0.5) is 0 Å². The minimum absolute atomic E-state index is 0.488. The van der Waals surface area contributed by atoms with E-state index in [-0.39, 0.29) is 0 Å². The Balaban J connectivity index is 1.75. The second-order valence-corrected chi connectivity index (χ2v) is 6.17. The first kappa shape index (κ1) is 17.8. The molecular formula is C17H30N4O2. The van der Waals surface area contributed by atoms with Gasteiger partial charge in [0.2, 0.25) is 0 Å². The Morgan fingerprint density at radius 3 is 2.70 bits per heavy atom. The Morgan fingerprint density at radius 1 is 1.30 bits per heavy atom. The van der Waals surface area contributed by atoms with Crippen LogP contribution in [0.1, 0.15) is 19.6 Å². The number of ether oxygens (including phenoxy) is 1. The Morgan fingerprint density at radius 2 is 2.09 bits per heavy atom. The monoisotopic (exact) mass is 322 g/mol. The van der Waals surface area contributed by atoms with E-state index in [9.17, 15) is 0 Å². The maximum atomic E-state index is 5.46. The smallest absolute Gasteiger partial charge is 0.191 e. The van der Waals surface area contributed by atoms with Gasteiger partial charge in [0.15, 0.2) is 5.96 Å². The van der Waals surface area contributed by atoms with Crippen molar-refractivity contribution in [2.24, 2.45) is 10.9 Å². The van der Waals surface area contributed by atoms with Crippen molar-refractivity contribution >= 4 is 5.96 Å². The number of hydrogen-bond donors (Lipinski definition) is 2. The molecule has 1 aromatic rings. The molecule has 0 bridgehead atoms. The summed E-state index contributed by atoms with van der Waals surface area (Å²) < 4.78 is 10.8. The van der Waals surface area contributed by atoms with Crippen LogP contribution in [0.2, 0.25) is 0 Å². The van der Waals surface area contributed by atoms with E-state index in [0.717, 1.165) is 57.5 Å². The molecule has 1 atom stereocenters. The van der Waals surface area contributed by atoms with E-state index in [1.165, 1.54) is 0 Å². The molecule has 6 nitrogen and oxygen atoms in total. The molecule has 2 heterocycles. The summed E-state index contributed by atoms with van der Waals surface area (Å²) in [7, 11) is 1.81. The van der Waals surface area contributed by atoms with Crippen LogP contribution in [0.3, 0.4) is 0 Å². The van der Waals surface area contributed by atoms with Crippen LogP contribution in [0.5, 0.6) is 0 Å². The number of nitrogens with zero attached hydrogens (tertiary/aromatic N) is 2. The van der Waals surface area contributed by atoms with Gasteiger partial charge in [-0.05, 0) is 18.1 Å². The zero-order valence-corrected chi connectivity index (χ0v) is 14.5. The third-order valence-corrected chi connectivity index (χ3v) is 4.23. The predicted octanol–water partition coefficient (Wildman–Crippen LogP) is 1.34. The fraction of sp³-hybridized carbons (Fsp3) is 0.706. The van der Waals surface area contributed by atoms with Crippen molar-refractivity contribution in [3.8, 4) is 0 Å². The van der Waals surface area contributed by atoms with Crippen molar-refractivity contribution in [2.75, 3.05) is 46.4 Å². The summed E-state index contributed by atoms with van der Waals surface area (Å²) in [4.78, 5) is 6.82. The quantitative estimate of drug-likeness (QED) is 0.586. The zero-order valence-electron chi connectivity index (χ0n) is 14.5. The molecule has 0 aliphatic carbocycles. The SMILES string of the molecule is CN=C(NCCc1ccco1)NCC(C(C)C)N1CCOCC1. The lowest BCUT2D eigenvalue weighted by atomic mass is 10.0. The van der Waals surface area contributed by atoms with Crippen LogP contribution in [0.25, 0.3) is 0 Å². The van der Waals surface area contributed by atoms with Crippen LogP contribution >= 0.6 is 0 Å². The lowest BCUT2D eigenvalue weighted by Crippen LogP contribution is -2.52. The summed E-state index contributed by atoms with van der Waals surface area (Å²) in [5.41, 5.74) is 0. The maximum Gasteiger partial charge on any atom is 0.191 e. The highest BCUT2D eigenvalue weighted by atomic mass is 16.5. The van der Waals surface area contributed by atoms with E-state index >= 15 is 0 Å². The third kappa shape index (κ3) is 5.88. The van der Waals surface area contributed by atoms with Gasteiger partial charge in [-0.15, -0.1) is 0 Å². The zero-order chi connectivity index (χ0) is 16.5. The number of hydrogen-bond acceptors (Lipinski definition) is 4. The van der Waals surface area contributed by atoms with Crippen LogP contribution in [-0.2, 0) is 11.2 Å². The minimum Gasteiger partial charge on any atom is -0.469 e. The summed E-state index contributed by atoms with van der Waals surface area (Å²) in [6.45, 7) is 9.92. The van der Waals surface area contributed by atoms with E-state index < -0.39 is 0 Å². The number of furan rings is 1. The average molecular weight is 322 g/mol. The number of aliphatic imine (C=N–C) groups is 1. The van der Waals surface area contributed by atoms with Crippen LogP contribution in [0.15, 0.2) is 27.8 Å². The molecule has 6 heteroatoms. The molecule has 0 radical (unpaired) electrons. The van der Waals surface area contributed by atoms with Gasteiger partial charge >= 0.3 is 0 Å². The number of rotatable bonds is 7. The molecule has 1 aromatic heterocycles. The summed E-state index contributed by atoms with van der Waals surface area (Å²) in [6.07, 6.45) is 2.56. The molecule has 0 spiro atoms. The van der Waals surface area contributed by atoms with Gasteiger partial charge in [0.1, 0.15) is 5.76 Å². The van der Waals surface area contributed by atoms with Gasteiger partial charge in [-0.25, -0.2) is 0 Å². The Kier molecular flexibility index (Phi) is 7.42. The fourth-order valence-corrected chi connectivity index (χ4v) is 2.88. The van der Waals surface area contributed by atoms with E-state index in [4.69, 9.17) is 9.15 Å². The van der Waals surface area contributed by atoms with Crippen LogP contribution in [0, 0.1) is 5.92 Å². The lowest BCUT2D eigenvalue weighted by Gasteiger charge is -2.37. The van der Waals surface area contributed by atoms with Crippen molar-refractivity contribution < 1.29 is 9.15 Å². The molecule has 0 aromatic carbocycles. The average Bonchev–Trinajstić information content (AvgIpc) is 3.07. The Labute approximate surface area is 139 Å². The lowest BCUT2D eigenvalue weighted by molar-refractivity contribution is 0.00752.